The maximum absolute atomic E-state index is 10.8. The topological polar surface area (TPSA) is 127 Å². The van der Waals surface area contributed by atoms with Crippen LogP contribution in [0.25, 0.3) is 0 Å². The Morgan fingerprint density at radius 3 is 2.24 bits per heavy atom. The van der Waals surface area contributed by atoms with Gasteiger partial charge in [-0.25, -0.2) is 9.65 Å². The van der Waals surface area contributed by atoms with Gasteiger partial charge in [0.05, 0.1) is 0 Å². The van der Waals surface area contributed by atoms with Gasteiger partial charge in [0.15, 0.2) is 0 Å². The summed E-state index contributed by atoms with van der Waals surface area (Å²) in [6.07, 6.45) is -0.0965. The molecule has 17 heavy (non-hydrogen) atoms. The number of hydrogen-bond acceptors (Lipinski definition) is 3. The van der Waals surface area contributed by atoms with Gasteiger partial charge in [0.25, 0.3) is 0 Å². The van der Waals surface area contributed by atoms with Crippen molar-refractivity contribution >= 4 is 13.7 Å². The highest BCUT2D eigenvalue weighted by atomic mass is 31.2. The number of aliphatic carboxylic acids is 1. The lowest BCUT2D eigenvalue weighted by Gasteiger charge is -2.15. The molecule has 94 valence electrons. The van der Waals surface area contributed by atoms with Gasteiger partial charge in [-0.2, -0.15) is 0 Å². The van der Waals surface area contributed by atoms with Crippen molar-refractivity contribution in [3.05, 3.63) is 29.8 Å². The predicted molar refractivity (Wildman–Crippen MR) is 58.4 cm³/mol. The van der Waals surface area contributed by atoms with E-state index < -0.39 is 19.8 Å². The summed E-state index contributed by atoms with van der Waals surface area (Å²) in [4.78, 5) is 28.1. The Bertz CT molecular complexity index is 439. The fourth-order valence-electron chi connectivity index (χ4n) is 1.26. The first-order chi connectivity index (χ1) is 7.78. The van der Waals surface area contributed by atoms with Crippen LogP contribution in [-0.4, -0.2) is 32.0 Å². The number of aromatic hydroxyl groups is 1. The second-order valence-electron chi connectivity index (χ2n) is 3.43. The first-order valence-electron chi connectivity index (χ1n) is 4.62. The van der Waals surface area contributed by atoms with Crippen LogP contribution in [0.3, 0.4) is 0 Å². The van der Waals surface area contributed by atoms with Gasteiger partial charge in [0.2, 0.25) is 0 Å². The number of phenols is 1. The lowest BCUT2D eigenvalue weighted by atomic mass is 10.1. The fraction of sp³-hybridized carbons (Fsp3) is 0.222. The van der Waals surface area contributed by atoms with Gasteiger partial charge in [-0.15, -0.1) is 0 Å². The van der Waals surface area contributed by atoms with E-state index in [9.17, 15) is 9.36 Å². The minimum Gasteiger partial charge on any atom is -0.508 e. The molecule has 0 radical (unpaired) electrons. The van der Waals surface area contributed by atoms with Crippen molar-refractivity contribution in [1.82, 2.24) is 5.09 Å². The van der Waals surface area contributed by atoms with Crippen molar-refractivity contribution in [2.75, 3.05) is 0 Å². The predicted octanol–water partition coefficient (Wildman–Crippen LogP) is 0.0702. The molecule has 0 aliphatic carbocycles. The van der Waals surface area contributed by atoms with Gasteiger partial charge in [0, 0.05) is 0 Å². The fourth-order valence-corrected chi connectivity index (χ4v) is 1.87. The third-order valence-electron chi connectivity index (χ3n) is 2.00. The Hall–Kier alpha value is -1.40. The Morgan fingerprint density at radius 2 is 1.82 bits per heavy atom. The van der Waals surface area contributed by atoms with E-state index in [1.165, 1.54) is 24.3 Å². The number of phenolic OH excluding ortho intramolecular Hbond substituents is 1. The first-order valence-corrected chi connectivity index (χ1v) is 6.23. The average molecular weight is 261 g/mol. The molecular formula is C9H12NO6P. The zero-order valence-corrected chi connectivity index (χ0v) is 9.54. The van der Waals surface area contributed by atoms with Gasteiger partial charge >= 0.3 is 13.7 Å². The van der Waals surface area contributed by atoms with Gasteiger partial charge in [-0.1, -0.05) is 12.1 Å². The summed E-state index contributed by atoms with van der Waals surface area (Å²) in [5, 5.41) is 19.6. The molecule has 8 heteroatoms. The van der Waals surface area contributed by atoms with Crippen molar-refractivity contribution in [1.29, 1.82) is 0 Å². The van der Waals surface area contributed by atoms with Crippen molar-refractivity contribution in [3.63, 3.8) is 0 Å². The first kappa shape index (κ1) is 13.7. The summed E-state index contributed by atoms with van der Waals surface area (Å²) >= 11 is 0. The number of carboxylic acids is 1. The summed E-state index contributed by atoms with van der Waals surface area (Å²) in [7, 11) is -4.60. The van der Waals surface area contributed by atoms with E-state index >= 15 is 0 Å². The van der Waals surface area contributed by atoms with Crippen LogP contribution >= 0.6 is 7.75 Å². The highest BCUT2D eigenvalue weighted by Crippen LogP contribution is 2.29. The molecule has 0 fully saturated rings. The van der Waals surface area contributed by atoms with Gasteiger partial charge in [-0.05, 0) is 24.1 Å². The van der Waals surface area contributed by atoms with Crippen LogP contribution in [0.4, 0.5) is 0 Å². The van der Waals surface area contributed by atoms with E-state index in [0.29, 0.717) is 5.56 Å². The molecular weight excluding hydrogens is 249 g/mol. The second-order valence-corrected chi connectivity index (χ2v) is 4.78. The summed E-state index contributed by atoms with van der Waals surface area (Å²) in [5.74, 6) is -1.33. The number of nitrogens with one attached hydrogen (secondary N) is 1. The Balaban J connectivity index is 2.77. The van der Waals surface area contributed by atoms with Crippen LogP contribution in [0.5, 0.6) is 5.75 Å². The minimum atomic E-state index is -4.60. The molecule has 0 aliphatic rings. The van der Waals surface area contributed by atoms with E-state index in [4.69, 9.17) is 20.0 Å². The number of carboxylic acid groups (broad SMARTS) is 1. The van der Waals surface area contributed by atoms with E-state index in [2.05, 4.69) is 0 Å². The molecule has 0 unspecified atom stereocenters. The van der Waals surface area contributed by atoms with Crippen LogP contribution in [0.1, 0.15) is 5.56 Å². The summed E-state index contributed by atoms with van der Waals surface area (Å²) in [6, 6.07) is 4.30. The highest BCUT2D eigenvalue weighted by molar-refractivity contribution is 7.49. The molecule has 5 N–H and O–H groups in total. The lowest BCUT2D eigenvalue weighted by Crippen LogP contribution is -2.36. The van der Waals surface area contributed by atoms with Gasteiger partial charge < -0.3 is 20.0 Å². The number of benzene rings is 1. The maximum Gasteiger partial charge on any atom is 0.401 e. The zero-order chi connectivity index (χ0) is 13.1. The standard InChI is InChI=1S/C9H12NO6P/c11-7-3-1-6(2-4-7)5-8(9(12)13)10-17(14,15)16/h1-4,8,11H,5H2,(H,12,13)(H3,10,14,15,16)/t8-/m1/s1. The molecule has 0 bridgehead atoms. The number of hydrogen-bond donors (Lipinski definition) is 5. The number of carbonyl (C=O) groups is 1. The second kappa shape index (κ2) is 5.29. The molecule has 0 saturated carbocycles. The smallest absolute Gasteiger partial charge is 0.401 e. The molecule has 7 nitrogen and oxygen atoms in total. The van der Waals surface area contributed by atoms with Crippen molar-refractivity contribution in [3.8, 4) is 5.75 Å². The Kier molecular flexibility index (Phi) is 4.25. The van der Waals surface area contributed by atoms with E-state index in [1.54, 1.807) is 5.09 Å². The normalized spacial score (nSPS) is 13.3. The molecule has 0 heterocycles. The SMILES string of the molecule is O=C(O)[C@@H](Cc1ccc(O)cc1)NP(=O)(O)O. The third-order valence-corrected chi connectivity index (χ3v) is 2.65. The Labute approximate surface area is 96.9 Å². The molecule has 1 aromatic rings. The monoisotopic (exact) mass is 261 g/mol. The van der Waals surface area contributed by atoms with E-state index in [0.717, 1.165) is 0 Å². The Morgan fingerprint density at radius 1 is 1.29 bits per heavy atom. The van der Waals surface area contributed by atoms with E-state index in [-0.39, 0.29) is 12.2 Å². The van der Waals surface area contributed by atoms with Crippen LogP contribution in [0.2, 0.25) is 0 Å². The average Bonchev–Trinajstić information content (AvgIpc) is 2.18. The van der Waals surface area contributed by atoms with E-state index in [1.807, 2.05) is 0 Å². The molecule has 0 spiro atoms. The molecule has 1 rings (SSSR count). The quantitative estimate of drug-likeness (QED) is 0.474. The zero-order valence-electron chi connectivity index (χ0n) is 8.65. The van der Waals surface area contributed by atoms with Crippen LogP contribution in [0.15, 0.2) is 24.3 Å². The van der Waals surface area contributed by atoms with Gasteiger partial charge in [-0.3, -0.25) is 4.79 Å². The molecule has 0 aliphatic heterocycles. The third kappa shape index (κ3) is 4.97. The molecule has 0 saturated heterocycles. The summed E-state index contributed by atoms with van der Waals surface area (Å²) in [6.45, 7) is 0. The molecule has 1 aromatic carbocycles. The van der Waals surface area contributed by atoms with Crippen LogP contribution in [-0.2, 0) is 15.8 Å². The van der Waals surface area contributed by atoms with Crippen LogP contribution in [0, 0.1) is 0 Å². The molecule has 0 aromatic heterocycles. The minimum absolute atomic E-state index is 0.0311. The van der Waals surface area contributed by atoms with Gasteiger partial charge in [0.1, 0.15) is 11.8 Å². The van der Waals surface area contributed by atoms with Crippen molar-refractivity contribution in [2.45, 2.75) is 12.5 Å². The van der Waals surface area contributed by atoms with Crippen LogP contribution < -0.4 is 5.09 Å². The molecule has 1 atom stereocenters. The molecule has 0 amide bonds. The van der Waals surface area contributed by atoms with Crippen molar-refractivity contribution < 1.29 is 29.4 Å². The maximum atomic E-state index is 10.8. The van der Waals surface area contributed by atoms with Crippen molar-refractivity contribution in [2.24, 2.45) is 0 Å². The summed E-state index contributed by atoms with van der Waals surface area (Å²) in [5.41, 5.74) is 0.538. The lowest BCUT2D eigenvalue weighted by molar-refractivity contribution is -0.139. The highest BCUT2D eigenvalue weighted by Gasteiger charge is 2.25. The largest absolute Gasteiger partial charge is 0.508 e. The number of rotatable bonds is 5. The summed E-state index contributed by atoms with van der Waals surface area (Å²) < 4.78 is 10.7.